The molecule has 0 aliphatic heterocycles. The van der Waals surface area contributed by atoms with E-state index in [0.29, 0.717) is 12.4 Å². The topological polar surface area (TPSA) is 70.1 Å². The van der Waals surface area contributed by atoms with E-state index in [0.717, 1.165) is 5.56 Å². The van der Waals surface area contributed by atoms with Gasteiger partial charge in [0.2, 0.25) is 5.69 Å². The molecule has 0 bridgehead atoms. The molecular formula is C13H14N6. The molecule has 0 N–H and O–H groups in total. The second-order valence-electron chi connectivity index (χ2n) is 4.22. The maximum atomic E-state index is 9.01. The lowest BCUT2D eigenvalue weighted by molar-refractivity contribution is 0.634. The molecule has 0 fully saturated rings. The van der Waals surface area contributed by atoms with Crippen LogP contribution in [0.4, 0.5) is 5.82 Å². The van der Waals surface area contributed by atoms with Crippen LogP contribution in [0.5, 0.6) is 0 Å². The SMILES string of the molecule is CN(C)C=Nc1c(C#N)nnn1Cc1ccccc1. The average Bonchev–Trinajstić information content (AvgIpc) is 2.79. The summed E-state index contributed by atoms with van der Waals surface area (Å²) in [6.07, 6.45) is 1.63. The van der Waals surface area contributed by atoms with E-state index in [9.17, 15) is 0 Å². The van der Waals surface area contributed by atoms with Gasteiger partial charge in [-0.05, 0) is 5.56 Å². The van der Waals surface area contributed by atoms with Crippen molar-refractivity contribution in [1.82, 2.24) is 19.9 Å². The monoisotopic (exact) mass is 254 g/mol. The van der Waals surface area contributed by atoms with E-state index in [4.69, 9.17) is 5.26 Å². The van der Waals surface area contributed by atoms with Crippen LogP contribution in [-0.2, 0) is 6.54 Å². The van der Waals surface area contributed by atoms with Crippen LogP contribution in [0.1, 0.15) is 11.3 Å². The predicted octanol–water partition coefficient (Wildman–Crippen LogP) is 1.42. The van der Waals surface area contributed by atoms with Gasteiger partial charge >= 0.3 is 0 Å². The summed E-state index contributed by atoms with van der Waals surface area (Å²) in [5.41, 5.74) is 1.31. The Morgan fingerprint density at radius 1 is 1.37 bits per heavy atom. The highest BCUT2D eigenvalue weighted by molar-refractivity contribution is 5.61. The molecule has 0 atom stereocenters. The Morgan fingerprint density at radius 3 is 2.74 bits per heavy atom. The van der Waals surface area contributed by atoms with Crippen LogP contribution in [0.2, 0.25) is 0 Å². The number of hydrogen-bond acceptors (Lipinski definition) is 4. The van der Waals surface area contributed by atoms with Gasteiger partial charge in [0, 0.05) is 14.1 Å². The number of benzene rings is 1. The van der Waals surface area contributed by atoms with Crippen molar-refractivity contribution in [3.63, 3.8) is 0 Å². The fraction of sp³-hybridized carbons (Fsp3) is 0.231. The van der Waals surface area contributed by atoms with Crippen LogP contribution in [0.3, 0.4) is 0 Å². The third kappa shape index (κ3) is 3.16. The lowest BCUT2D eigenvalue weighted by Crippen LogP contribution is -2.08. The van der Waals surface area contributed by atoms with E-state index in [1.807, 2.05) is 50.5 Å². The zero-order valence-corrected chi connectivity index (χ0v) is 10.9. The third-order valence-electron chi connectivity index (χ3n) is 2.40. The maximum Gasteiger partial charge on any atom is 0.209 e. The number of aliphatic imine (C=N–C) groups is 1. The van der Waals surface area contributed by atoms with Crippen molar-refractivity contribution in [2.45, 2.75) is 6.54 Å². The first-order valence-corrected chi connectivity index (χ1v) is 5.79. The molecule has 6 heteroatoms. The zero-order chi connectivity index (χ0) is 13.7. The molecule has 0 saturated heterocycles. The standard InChI is InChI=1S/C13H14N6/c1-18(2)10-15-13-12(8-14)16-17-19(13)9-11-6-4-3-5-7-11/h3-7,10H,9H2,1-2H3. The second-order valence-corrected chi connectivity index (χ2v) is 4.22. The van der Waals surface area contributed by atoms with Crippen molar-refractivity contribution >= 4 is 12.2 Å². The largest absolute Gasteiger partial charge is 0.369 e. The molecule has 0 aliphatic rings. The van der Waals surface area contributed by atoms with Gasteiger partial charge < -0.3 is 4.90 Å². The molecule has 0 amide bonds. The lowest BCUT2D eigenvalue weighted by atomic mass is 10.2. The van der Waals surface area contributed by atoms with Crippen LogP contribution in [0.15, 0.2) is 35.3 Å². The highest BCUT2D eigenvalue weighted by atomic mass is 15.5. The summed E-state index contributed by atoms with van der Waals surface area (Å²) < 4.78 is 1.62. The van der Waals surface area contributed by atoms with E-state index in [1.54, 1.807) is 15.9 Å². The first-order valence-electron chi connectivity index (χ1n) is 5.79. The van der Waals surface area contributed by atoms with Crippen LogP contribution in [0.25, 0.3) is 0 Å². The molecule has 96 valence electrons. The highest BCUT2D eigenvalue weighted by Crippen LogP contribution is 2.16. The van der Waals surface area contributed by atoms with Gasteiger partial charge in [0.15, 0.2) is 5.82 Å². The average molecular weight is 254 g/mol. The fourth-order valence-electron chi connectivity index (χ4n) is 1.54. The molecular weight excluding hydrogens is 240 g/mol. The number of hydrogen-bond donors (Lipinski definition) is 0. The molecule has 1 aromatic heterocycles. The molecule has 0 radical (unpaired) electrons. The molecule has 1 aromatic carbocycles. The Bertz CT molecular complexity index is 606. The summed E-state index contributed by atoms with van der Waals surface area (Å²) >= 11 is 0. The van der Waals surface area contributed by atoms with E-state index in [2.05, 4.69) is 15.3 Å². The van der Waals surface area contributed by atoms with Crippen molar-refractivity contribution in [2.24, 2.45) is 4.99 Å². The van der Waals surface area contributed by atoms with Crippen LogP contribution < -0.4 is 0 Å². The molecule has 19 heavy (non-hydrogen) atoms. The van der Waals surface area contributed by atoms with Crippen molar-refractivity contribution in [3.8, 4) is 6.07 Å². The predicted molar refractivity (Wildman–Crippen MR) is 72.1 cm³/mol. The summed E-state index contributed by atoms with van der Waals surface area (Å²) in [4.78, 5) is 6.04. The molecule has 2 rings (SSSR count). The zero-order valence-electron chi connectivity index (χ0n) is 10.9. The van der Waals surface area contributed by atoms with Gasteiger partial charge in [0.05, 0.1) is 12.9 Å². The molecule has 0 unspecified atom stereocenters. The lowest BCUT2D eigenvalue weighted by Gasteiger charge is -2.05. The maximum absolute atomic E-state index is 9.01. The van der Waals surface area contributed by atoms with Crippen molar-refractivity contribution in [3.05, 3.63) is 41.6 Å². The summed E-state index contributed by atoms with van der Waals surface area (Å²) in [6, 6.07) is 11.9. The summed E-state index contributed by atoms with van der Waals surface area (Å²) in [5, 5.41) is 16.8. The molecule has 0 saturated carbocycles. The second kappa shape index (κ2) is 5.78. The van der Waals surface area contributed by atoms with E-state index >= 15 is 0 Å². The Labute approximate surface area is 111 Å². The van der Waals surface area contributed by atoms with E-state index in [-0.39, 0.29) is 5.69 Å². The minimum atomic E-state index is 0.231. The first kappa shape index (κ1) is 12.8. The van der Waals surface area contributed by atoms with Gasteiger partial charge in [-0.1, -0.05) is 35.5 Å². The molecule has 0 spiro atoms. The van der Waals surface area contributed by atoms with E-state index in [1.165, 1.54) is 0 Å². The van der Waals surface area contributed by atoms with Gasteiger partial charge in [-0.15, -0.1) is 5.10 Å². The number of rotatable bonds is 4. The number of aromatic nitrogens is 3. The van der Waals surface area contributed by atoms with Gasteiger partial charge in [0.25, 0.3) is 0 Å². The first-order chi connectivity index (χ1) is 9.20. The quantitative estimate of drug-likeness (QED) is 0.611. The van der Waals surface area contributed by atoms with Crippen LogP contribution in [-0.4, -0.2) is 40.3 Å². The molecule has 0 aliphatic carbocycles. The smallest absolute Gasteiger partial charge is 0.209 e. The third-order valence-corrected chi connectivity index (χ3v) is 2.40. The fourth-order valence-corrected chi connectivity index (χ4v) is 1.54. The van der Waals surface area contributed by atoms with Crippen molar-refractivity contribution in [1.29, 1.82) is 5.26 Å². The highest BCUT2D eigenvalue weighted by Gasteiger charge is 2.11. The normalized spacial score (nSPS) is 10.6. The number of nitriles is 1. The Kier molecular flexibility index (Phi) is 3.88. The minimum Gasteiger partial charge on any atom is -0.369 e. The van der Waals surface area contributed by atoms with Gasteiger partial charge in [-0.25, -0.2) is 9.67 Å². The summed E-state index contributed by atoms with van der Waals surface area (Å²) in [6.45, 7) is 0.537. The van der Waals surface area contributed by atoms with Crippen LogP contribution in [0, 0.1) is 11.3 Å². The molecule has 6 nitrogen and oxygen atoms in total. The van der Waals surface area contributed by atoms with Crippen LogP contribution >= 0.6 is 0 Å². The van der Waals surface area contributed by atoms with Gasteiger partial charge in [0.1, 0.15) is 6.07 Å². The van der Waals surface area contributed by atoms with Crippen molar-refractivity contribution in [2.75, 3.05) is 14.1 Å². The Balaban J connectivity index is 2.31. The number of nitrogens with zero attached hydrogens (tertiary/aromatic N) is 6. The molecule has 1 heterocycles. The van der Waals surface area contributed by atoms with Gasteiger partial charge in [-0.3, -0.25) is 0 Å². The summed E-state index contributed by atoms with van der Waals surface area (Å²) in [7, 11) is 3.72. The Morgan fingerprint density at radius 2 is 2.11 bits per heavy atom. The van der Waals surface area contributed by atoms with Gasteiger partial charge in [-0.2, -0.15) is 5.26 Å². The summed E-state index contributed by atoms with van der Waals surface area (Å²) in [5.74, 6) is 0.472. The molecule has 2 aromatic rings. The van der Waals surface area contributed by atoms with Crippen molar-refractivity contribution < 1.29 is 0 Å². The van der Waals surface area contributed by atoms with E-state index < -0.39 is 0 Å². The minimum absolute atomic E-state index is 0.231. The Hall–Kier alpha value is -2.68.